The molecule has 0 spiro atoms. The Kier molecular flexibility index (Phi) is 2.88. The maximum atomic E-state index is 12.6. The van der Waals surface area contributed by atoms with Gasteiger partial charge in [0.2, 0.25) is 0 Å². The van der Waals surface area contributed by atoms with E-state index in [0.717, 1.165) is 27.5 Å². The highest BCUT2D eigenvalue weighted by Gasteiger charge is 2.11. The Morgan fingerprint density at radius 1 is 0.789 bits per heavy atom. The van der Waals surface area contributed by atoms with Crippen molar-refractivity contribution in [3.63, 3.8) is 0 Å². The first kappa shape index (κ1) is 11.7. The summed E-state index contributed by atoms with van der Waals surface area (Å²) in [5.41, 5.74) is 2.67. The predicted molar refractivity (Wildman–Crippen MR) is 78.6 cm³/mol. The Hall–Kier alpha value is -2.41. The zero-order valence-electron chi connectivity index (χ0n) is 10.8. The molecule has 0 aromatic heterocycles. The van der Waals surface area contributed by atoms with Crippen molar-refractivity contribution in [2.24, 2.45) is 0 Å². The molecule has 0 atom stereocenters. The second kappa shape index (κ2) is 4.69. The number of aryl methyl sites for hydroxylation is 1. The van der Waals surface area contributed by atoms with Crippen molar-refractivity contribution < 1.29 is 4.79 Å². The second-order valence-electron chi connectivity index (χ2n) is 4.72. The van der Waals surface area contributed by atoms with Crippen LogP contribution < -0.4 is 0 Å². The fourth-order valence-electron chi connectivity index (χ4n) is 2.28. The van der Waals surface area contributed by atoms with E-state index in [1.54, 1.807) is 0 Å². The summed E-state index contributed by atoms with van der Waals surface area (Å²) in [4.78, 5) is 12.6. The summed E-state index contributed by atoms with van der Waals surface area (Å²) in [7, 11) is 0. The van der Waals surface area contributed by atoms with Crippen molar-refractivity contribution >= 4 is 16.6 Å². The van der Waals surface area contributed by atoms with Gasteiger partial charge in [-0.15, -0.1) is 0 Å². The van der Waals surface area contributed by atoms with Crippen LogP contribution in [-0.2, 0) is 0 Å². The zero-order chi connectivity index (χ0) is 13.2. The summed E-state index contributed by atoms with van der Waals surface area (Å²) in [6, 6.07) is 21.6. The van der Waals surface area contributed by atoms with E-state index in [1.807, 2.05) is 73.7 Å². The van der Waals surface area contributed by atoms with Gasteiger partial charge in [0, 0.05) is 11.1 Å². The van der Waals surface area contributed by atoms with Crippen LogP contribution in [-0.4, -0.2) is 5.78 Å². The fourth-order valence-corrected chi connectivity index (χ4v) is 2.28. The molecule has 3 aromatic rings. The third kappa shape index (κ3) is 2.15. The lowest BCUT2D eigenvalue weighted by atomic mass is 9.97. The van der Waals surface area contributed by atoms with Gasteiger partial charge >= 0.3 is 0 Å². The van der Waals surface area contributed by atoms with Crippen molar-refractivity contribution in [1.82, 2.24) is 0 Å². The molecule has 19 heavy (non-hydrogen) atoms. The Morgan fingerprint density at radius 2 is 1.47 bits per heavy atom. The van der Waals surface area contributed by atoms with Gasteiger partial charge in [0.15, 0.2) is 5.78 Å². The quantitative estimate of drug-likeness (QED) is 0.613. The lowest BCUT2D eigenvalue weighted by Crippen LogP contribution is -2.01. The van der Waals surface area contributed by atoms with Gasteiger partial charge in [0.05, 0.1) is 0 Å². The molecule has 0 amide bonds. The molecule has 0 saturated carbocycles. The van der Waals surface area contributed by atoms with Gasteiger partial charge in [-0.3, -0.25) is 4.79 Å². The largest absolute Gasteiger partial charge is 0.289 e. The first-order valence-corrected chi connectivity index (χ1v) is 6.35. The number of rotatable bonds is 2. The van der Waals surface area contributed by atoms with Gasteiger partial charge in [-0.05, 0) is 17.7 Å². The van der Waals surface area contributed by atoms with E-state index in [2.05, 4.69) is 0 Å². The lowest BCUT2D eigenvalue weighted by Gasteiger charge is -2.06. The number of benzene rings is 3. The van der Waals surface area contributed by atoms with E-state index in [0.29, 0.717) is 0 Å². The van der Waals surface area contributed by atoms with Gasteiger partial charge in [-0.1, -0.05) is 72.3 Å². The second-order valence-corrected chi connectivity index (χ2v) is 4.72. The van der Waals surface area contributed by atoms with E-state index in [4.69, 9.17) is 0 Å². The zero-order valence-corrected chi connectivity index (χ0v) is 10.8. The normalized spacial score (nSPS) is 10.6. The molecule has 0 fully saturated rings. The van der Waals surface area contributed by atoms with Crippen molar-refractivity contribution in [3.8, 4) is 0 Å². The van der Waals surface area contributed by atoms with Gasteiger partial charge in [0.1, 0.15) is 0 Å². The molecule has 0 aliphatic carbocycles. The molecule has 0 aliphatic heterocycles. The van der Waals surface area contributed by atoms with E-state index >= 15 is 0 Å². The van der Waals surface area contributed by atoms with Crippen LogP contribution in [0, 0.1) is 6.92 Å². The van der Waals surface area contributed by atoms with Gasteiger partial charge in [-0.2, -0.15) is 0 Å². The van der Waals surface area contributed by atoms with E-state index in [1.165, 1.54) is 0 Å². The monoisotopic (exact) mass is 246 g/mol. The Bertz CT molecular complexity index is 734. The van der Waals surface area contributed by atoms with Crippen LogP contribution in [0.2, 0.25) is 0 Å². The number of hydrogen-bond acceptors (Lipinski definition) is 1. The lowest BCUT2D eigenvalue weighted by molar-refractivity contribution is 0.104. The van der Waals surface area contributed by atoms with Crippen LogP contribution in [0.3, 0.4) is 0 Å². The third-order valence-corrected chi connectivity index (χ3v) is 3.35. The van der Waals surface area contributed by atoms with Gasteiger partial charge < -0.3 is 0 Å². The highest BCUT2D eigenvalue weighted by Crippen LogP contribution is 2.21. The topological polar surface area (TPSA) is 17.1 Å². The van der Waals surface area contributed by atoms with Crippen molar-refractivity contribution in [1.29, 1.82) is 0 Å². The van der Waals surface area contributed by atoms with E-state index < -0.39 is 0 Å². The Labute approximate surface area is 112 Å². The van der Waals surface area contributed by atoms with Crippen LogP contribution in [0.15, 0.2) is 66.7 Å². The Balaban J connectivity index is 2.14. The first-order chi connectivity index (χ1) is 9.25. The molecule has 92 valence electrons. The molecule has 0 heterocycles. The maximum absolute atomic E-state index is 12.6. The molecule has 0 N–H and O–H groups in total. The van der Waals surface area contributed by atoms with E-state index in [-0.39, 0.29) is 5.78 Å². The summed E-state index contributed by atoms with van der Waals surface area (Å²) in [6.45, 7) is 2.02. The minimum Gasteiger partial charge on any atom is -0.289 e. The highest BCUT2D eigenvalue weighted by atomic mass is 16.1. The van der Waals surface area contributed by atoms with Gasteiger partial charge in [0.25, 0.3) is 0 Å². The smallest absolute Gasteiger partial charge is 0.193 e. The Morgan fingerprint density at radius 3 is 2.26 bits per heavy atom. The predicted octanol–water partition coefficient (Wildman–Crippen LogP) is 4.38. The molecular formula is C18H14O. The summed E-state index contributed by atoms with van der Waals surface area (Å²) in [5, 5.41) is 2.11. The number of ketones is 1. The average Bonchev–Trinajstić information content (AvgIpc) is 2.47. The molecular weight excluding hydrogens is 232 g/mol. The molecule has 1 nitrogen and oxygen atoms in total. The molecule has 0 bridgehead atoms. The minimum absolute atomic E-state index is 0.0804. The molecule has 0 aliphatic rings. The standard InChI is InChI=1S/C18H14O/c1-13-9-11-15(12-10-13)18(19)17-8-4-6-14-5-2-3-7-16(14)17/h2-12H,1H3. The third-order valence-electron chi connectivity index (χ3n) is 3.35. The number of carbonyl (C=O) groups excluding carboxylic acids is 1. The van der Waals surface area contributed by atoms with Crippen molar-refractivity contribution in [2.45, 2.75) is 6.92 Å². The summed E-state index contributed by atoms with van der Waals surface area (Å²) in [5.74, 6) is 0.0804. The highest BCUT2D eigenvalue weighted by molar-refractivity contribution is 6.16. The van der Waals surface area contributed by atoms with Crippen LogP contribution in [0.4, 0.5) is 0 Å². The molecule has 1 heteroatoms. The molecule has 0 radical (unpaired) electrons. The molecule has 3 rings (SSSR count). The number of fused-ring (bicyclic) bond motifs is 1. The van der Waals surface area contributed by atoms with E-state index in [9.17, 15) is 4.79 Å². The maximum Gasteiger partial charge on any atom is 0.193 e. The van der Waals surface area contributed by atoms with Crippen molar-refractivity contribution in [3.05, 3.63) is 83.4 Å². The van der Waals surface area contributed by atoms with Crippen LogP contribution in [0.25, 0.3) is 10.8 Å². The summed E-state index contributed by atoms with van der Waals surface area (Å²) < 4.78 is 0. The average molecular weight is 246 g/mol. The van der Waals surface area contributed by atoms with Crippen LogP contribution in [0.5, 0.6) is 0 Å². The summed E-state index contributed by atoms with van der Waals surface area (Å²) in [6.07, 6.45) is 0. The number of carbonyl (C=O) groups is 1. The number of hydrogen-bond donors (Lipinski definition) is 0. The molecule has 3 aromatic carbocycles. The first-order valence-electron chi connectivity index (χ1n) is 6.35. The fraction of sp³-hybridized carbons (Fsp3) is 0.0556. The van der Waals surface area contributed by atoms with Crippen LogP contribution >= 0.6 is 0 Å². The van der Waals surface area contributed by atoms with Crippen LogP contribution in [0.1, 0.15) is 21.5 Å². The SMILES string of the molecule is Cc1ccc(C(=O)c2cccc3ccccc23)cc1. The van der Waals surface area contributed by atoms with Gasteiger partial charge in [-0.25, -0.2) is 0 Å². The van der Waals surface area contributed by atoms with Crippen molar-refractivity contribution in [2.75, 3.05) is 0 Å². The molecule has 0 saturated heterocycles. The minimum atomic E-state index is 0.0804. The summed E-state index contributed by atoms with van der Waals surface area (Å²) >= 11 is 0. The molecule has 0 unspecified atom stereocenters.